The molecule has 2 unspecified atom stereocenters. The maximum atomic E-state index is 6.14. The van der Waals surface area contributed by atoms with Crippen LogP contribution in [0.4, 0.5) is 0 Å². The summed E-state index contributed by atoms with van der Waals surface area (Å²) < 4.78 is 0. The zero-order chi connectivity index (χ0) is 9.97. The fourth-order valence-electron chi connectivity index (χ4n) is 2.79. The van der Waals surface area contributed by atoms with Crippen LogP contribution < -0.4 is 0 Å². The maximum absolute atomic E-state index is 6.14. The minimum absolute atomic E-state index is 0.486. The Morgan fingerprint density at radius 2 is 1.93 bits per heavy atom. The molecule has 2 aliphatic rings. The summed E-state index contributed by atoms with van der Waals surface area (Å²) in [4.78, 5) is 0. The highest BCUT2D eigenvalue weighted by Gasteiger charge is 2.32. The molecule has 0 amide bonds. The van der Waals surface area contributed by atoms with E-state index in [4.69, 9.17) is 11.6 Å². The lowest BCUT2D eigenvalue weighted by atomic mass is 9.83. The molecule has 0 aromatic carbocycles. The third-order valence-corrected chi connectivity index (χ3v) is 6.02. The molecule has 1 aliphatic carbocycles. The van der Waals surface area contributed by atoms with Crippen molar-refractivity contribution in [3.05, 3.63) is 0 Å². The van der Waals surface area contributed by atoms with Gasteiger partial charge < -0.3 is 0 Å². The van der Waals surface area contributed by atoms with Gasteiger partial charge in [-0.15, -0.1) is 11.6 Å². The van der Waals surface area contributed by atoms with Crippen molar-refractivity contribution in [1.82, 2.24) is 0 Å². The fraction of sp³-hybridized carbons (Fsp3) is 1.00. The van der Waals surface area contributed by atoms with E-state index < -0.39 is 0 Å². The van der Waals surface area contributed by atoms with Crippen LogP contribution in [0, 0.1) is 11.8 Å². The summed E-state index contributed by atoms with van der Waals surface area (Å²) >= 11 is 8.38. The van der Waals surface area contributed by atoms with Gasteiger partial charge in [-0.3, -0.25) is 0 Å². The zero-order valence-corrected chi connectivity index (χ0v) is 10.6. The lowest BCUT2D eigenvalue weighted by Crippen LogP contribution is -2.22. The van der Waals surface area contributed by atoms with Crippen LogP contribution in [0.15, 0.2) is 0 Å². The summed E-state index contributed by atoms with van der Waals surface area (Å²) in [6, 6.07) is 0. The molecule has 1 heterocycles. The van der Waals surface area contributed by atoms with E-state index in [1.807, 2.05) is 0 Å². The number of rotatable bonds is 2. The van der Waals surface area contributed by atoms with Crippen LogP contribution in [0.25, 0.3) is 0 Å². The molecule has 2 atom stereocenters. The summed E-state index contributed by atoms with van der Waals surface area (Å²) in [5.41, 5.74) is 0. The monoisotopic (exact) mass is 232 g/mol. The Kier molecular flexibility index (Phi) is 4.07. The molecule has 0 N–H and O–H groups in total. The SMILES string of the molecule is CCC1CSC(C2CCC(Cl)CC2)C1. The third kappa shape index (κ3) is 2.61. The molecule has 2 rings (SSSR count). The number of halogens is 1. The van der Waals surface area contributed by atoms with Crippen molar-refractivity contribution in [3.63, 3.8) is 0 Å². The molecule has 0 bridgehead atoms. The molecule has 0 nitrogen and oxygen atoms in total. The number of hydrogen-bond donors (Lipinski definition) is 0. The van der Waals surface area contributed by atoms with Crippen LogP contribution in [0.5, 0.6) is 0 Å². The molecule has 0 spiro atoms. The van der Waals surface area contributed by atoms with E-state index in [0.717, 1.165) is 17.1 Å². The van der Waals surface area contributed by atoms with Gasteiger partial charge in [-0.25, -0.2) is 0 Å². The van der Waals surface area contributed by atoms with Crippen LogP contribution in [-0.4, -0.2) is 16.4 Å². The highest BCUT2D eigenvalue weighted by molar-refractivity contribution is 8.00. The van der Waals surface area contributed by atoms with Crippen molar-refractivity contribution in [2.24, 2.45) is 11.8 Å². The quantitative estimate of drug-likeness (QED) is 0.640. The normalized spacial score (nSPS) is 44.1. The molecule has 0 aromatic heterocycles. The smallest absolute Gasteiger partial charge is 0.0336 e. The molecule has 1 aliphatic heterocycles. The first-order valence-corrected chi connectivity index (χ1v) is 7.53. The summed E-state index contributed by atoms with van der Waals surface area (Å²) in [7, 11) is 0. The average molecular weight is 233 g/mol. The minimum Gasteiger partial charge on any atom is -0.158 e. The molecule has 2 fully saturated rings. The Labute approximate surface area is 97.2 Å². The molecular formula is C12H21ClS. The second-order valence-corrected chi connectivity index (χ2v) is 6.78. The Hall–Kier alpha value is 0.640. The molecule has 2 heteroatoms. The molecular weight excluding hydrogens is 212 g/mol. The Balaban J connectivity index is 1.79. The van der Waals surface area contributed by atoms with E-state index in [1.54, 1.807) is 0 Å². The first kappa shape index (κ1) is 11.1. The molecule has 0 radical (unpaired) electrons. The van der Waals surface area contributed by atoms with E-state index in [9.17, 15) is 0 Å². The Bertz CT molecular complexity index is 175. The van der Waals surface area contributed by atoms with Gasteiger partial charge in [0.15, 0.2) is 0 Å². The van der Waals surface area contributed by atoms with E-state index in [1.165, 1.54) is 44.3 Å². The van der Waals surface area contributed by atoms with E-state index in [0.29, 0.717) is 5.38 Å². The molecule has 1 saturated carbocycles. The highest BCUT2D eigenvalue weighted by Crippen LogP contribution is 2.43. The molecule has 82 valence electrons. The van der Waals surface area contributed by atoms with Gasteiger partial charge in [-0.1, -0.05) is 13.3 Å². The van der Waals surface area contributed by atoms with Crippen molar-refractivity contribution in [1.29, 1.82) is 0 Å². The Morgan fingerprint density at radius 3 is 2.50 bits per heavy atom. The van der Waals surface area contributed by atoms with Crippen molar-refractivity contribution >= 4 is 23.4 Å². The van der Waals surface area contributed by atoms with Gasteiger partial charge in [0.25, 0.3) is 0 Å². The van der Waals surface area contributed by atoms with Gasteiger partial charge in [0, 0.05) is 10.6 Å². The predicted molar refractivity (Wildman–Crippen MR) is 66.2 cm³/mol. The van der Waals surface area contributed by atoms with E-state index in [-0.39, 0.29) is 0 Å². The topological polar surface area (TPSA) is 0 Å². The lowest BCUT2D eigenvalue weighted by molar-refractivity contribution is 0.334. The van der Waals surface area contributed by atoms with Gasteiger partial charge >= 0.3 is 0 Å². The number of alkyl halides is 1. The van der Waals surface area contributed by atoms with Gasteiger partial charge in [-0.05, 0) is 49.7 Å². The maximum Gasteiger partial charge on any atom is 0.0336 e. The van der Waals surface area contributed by atoms with Crippen molar-refractivity contribution in [3.8, 4) is 0 Å². The van der Waals surface area contributed by atoms with Gasteiger partial charge in [0.2, 0.25) is 0 Å². The average Bonchev–Trinajstić information content (AvgIpc) is 2.67. The van der Waals surface area contributed by atoms with Crippen LogP contribution in [-0.2, 0) is 0 Å². The molecule has 0 aromatic rings. The summed E-state index contributed by atoms with van der Waals surface area (Å²) in [6.45, 7) is 2.34. The van der Waals surface area contributed by atoms with Gasteiger partial charge in [0.05, 0.1) is 0 Å². The first-order valence-electron chi connectivity index (χ1n) is 6.05. The fourth-order valence-corrected chi connectivity index (χ4v) is 4.88. The highest BCUT2D eigenvalue weighted by atomic mass is 35.5. The summed E-state index contributed by atoms with van der Waals surface area (Å²) in [6.07, 6.45) is 8.18. The van der Waals surface area contributed by atoms with E-state index >= 15 is 0 Å². The first-order chi connectivity index (χ1) is 6.79. The second kappa shape index (κ2) is 5.12. The zero-order valence-electron chi connectivity index (χ0n) is 9.05. The number of hydrogen-bond acceptors (Lipinski definition) is 1. The van der Waals surface area contributed by atoms with E-state index in [2.05, 4.69) is 18.7 Å². The second-order valence-electron chi connectivity index (χ2n) is 4.89. The standard InChI is InChI=1S/C12H21ClS/c1-2-9-7-12(14-8-9)10-3-5-11(13)6-4-10/h9-12H,2-8H2,1H3. The van der Waals surface area contributed by atoms with Crippen molar-refractivity contribution < 1.29 is 0 Å². The minimum atomic E-state index is 0.486. The summed E-state index contributed by atoms with van der Waals surface area (Å²) in [5.74, 6) is 3.42. The largest absolute Gasteiger partial charge is 0.158 e. The Morgan fingerprint density at radius 1 is 1.21 bits per heavy atom. The molecule has 1 saturated heterocycles. The van der Waals surface area contributed by atoms with Crippen LogP contribution in [0.1, 0.15) is 45.4 Å². The van der Waals surface area contributed by atoms with Crippen LogP contribution in [0.2, 0.25) is 0 Å². The third-order valence-electron chi connectivity index (χ3n) is 3.92. The number of thioether (sulfide) groups is 1. The van der Waals surface area contributed by atoms with Crippen molar-refractivity contribution in [2.45, 2.75) is 56.1 Å². The van der Waals surface area contributed by atoms with Gasteiger partial charge in [-0.2, -0.15) is 11.8 Å². The lowest BCUT2D eigenvalue weighted by Gasteiger charge is -2.29. The molecule has 14 heavy (non-hydrogen) atoms. The van der Waals surface area contributed by atoms with Crippen LogP contribution >= 0.6 is 23.4 Å². The van der Waals surface area contributed by atoms with Gasteiger partial charge in [0.1, 0.15) is 0 Å². The van der Waals surface area contributed by atoms with Crippen molar-refractivity contribution in [2.75, 3.05) is 5.75 Å². The predicted octanol–water partition coefficient (Wildman–Crippen LogP) is 4.32. The van der Waals surface area contributed by atoms with Crippen LogP contribution in [0.3, 0.4) is 0 Å². The summed E-state index contributed by atoms with van der Waals surface area (Å²) in [5, 5.41) is 1.46.